The quantitative estimate of drug-likeness (QED) is 0.829. The zero-order valence-corrected chi connectivity index (χ0v) is 10.0. The van der Waals surface area contributed by atoms with E-state index in [1.54, 1.807) is 24.3 Å². The fraction of sp³-hybridized carbons (Fsp3) is 0.400. The highest BCUT2D eigenvalue weighted by Crippen LogP contribution is 2.34. The van der Waals surface area contributed by atoms with E-state index in [2.05, 4.69) is 0 Å². The largest absolute Gasteiger partial charge is 0.389 e. The Morgan fingerprint density at radius 3 is 2.07 bits per heavy atom. The molecule has 0 saturated heterocycles. The Kier molecular flexibility index (Phi) is 4.68. The van der Waals surface area contributed by atoms with Crippen molar-refractivity contribution in [3.05, 3.63) is 35.9 Å². The average Bonchev–Trinajstić information content (AvgIpc) is 2.17. The molecule has 15 heavy (non-hydrogen) atoms. The Hall–Kier alpha value is 0.01000. The SMILES string of the molecule is O[C@H](C[C@H](O)c1ccccc1)C(Cl)(Cl)Cl. The van der Waals surface area contributed by atoms with E-state index >= 15 is 0 Å². The average molecular weight is 270 g/mol. The minimum Gasteiger partial charge on any atom is -0.389 e. The summed E-state index contributed by atoms with van der Waals surface area (Å²) in [7, 11) is 0. The highest BCUT2D eigenvalue weighted by atomic mass is 35.6. The third kappa shape index (κ3) is 4.17. The molecule has 0 aliphatic heterocycles. The molecule has 0 radical (unpaired) electrons. The van der Waals surface area contributed by atoms with Gasteiger partial charge in [-0.2, -0.15) is 0 Å². The van der Waals surface area contributed by atoms with Gasteiger partial charge in [-0.05, 0) is 5.56 Å². The molecule has 0 aromatic heterocycles. The molecule has 0 heterocycles. The number of halogens is 3. The molecule has 0 aliphatic carbocycles. The molecule has 2 atom stereocenters. The van der Waals surface area contributed by atoms with E-state index in [-0.39, 0.29) is 6.42 Å². The zero-order chi connectivity index (χ0) is 11.5. The normalized spacial score (nSPS) is 16.1. The van der Waals surface area contributed by atoms with Crippen LogP contribution in [0.5, 0.6) is 0 Å². The summed E-state index contributed by atoms with van der Waals surface area (Å²) in [6.07, 6.45) is -2.05. The van der Waals surface area contributed by atoms with E-state index in [0.29, 0.717) is 5.56 Å². The fourth-order valence-electron chi connectivity index (χ4n) is 1.16. The molecular formula is C10H11Cl3O2. The molecule has 5 heteroatoms. The number of alkyl halides is 3. The van der Waals surface area contributed by atoms with Crippen LogP contribution >= 0.6 is 34.8 Å². The smallest absolute Gasteiger partial charge is 0.216 e. The Labute approximate surface area is 103 Å². The summed E-state index contributed by atoms with van der Waals surface area (Å²) in [5.74, 6) is 0. The Morgan fingerprint density at radius 1 is 1.07 bits per heavy atom. The van der Waals surface area contributed by atoms with Crippen molar-refractivity contribution in [2.45, 2.75) is 22.4 Å². The van der Waals surface area contributed by atoms with Crippen LogP contribution in [0.2, 0.25) is 0 Å². The lowest BCUT2D eigenvalue weighted by Crippen LogP contribution is -2.27. The highest BCUT2D eigenvalue weighted by Gasteiger charge is 2.32. The fourth-order valence-corrected chi connectivity index (χ4v) is 1.42. The number of aliphatic hydroxyl groups excluding tert-OH is 2. The van der Waals surface area contributed by atoms with Gasteiger partial charge in [0.15, 0.2) is 0 Å². The van der Waals surface area contributed by atoms with Crippen molar-refractivity contribution in [2.75, 3.05) is 0 Å². The third-order valence-electron chi connectivity index (χ3n) is 2.01. The predicted molar refractivity (Wildman–Crippen MR) is 62.3 cm³/mol. The molecule has 0 saturated carbocycles. The van der Waals surface area contributed by atoms with E-state index in [1.807, 2.05) is 6.07 Å². The van der Waals surface area contributed by atoms with Gasteiger partial charge in [-0.25, -0.2) is 0 Å². The van der Waals surface area contributed by atoms with Gasteiger partial charge >= 0.3 is 0 Å². The maximum atomic E-state index is 9.72. The number of benzene rings is 1. The van der Waals surface area contributed by atoms with E-state index < -0.39 is 16.0 Å². The number of aliphatic hydroxyl groups is 2. The zero-order valence-electron chi connectivity index (χ0n) is 7.78. The Morgan fingerprint density at radius 2 is 1.60 bits per heavy atom. The van der Waals surface area contributed by atoms with Crippen LogP contribution in [-0.4, -0.2) is 20.1 Å². The van der Waals surface area contributed by atoms with Crippen molar-refractivity contribution in [3.63, 3.8) is 0 Å². The van der Waals surface area contributed by atoms with Gasteiger partial charge in [-0.3, -0.25) is 0 Å². The van der Waals surface area contributed by atoms with Crippen LogP contribution in [0.1, 0.15) is 18.1 Å². The highest BCUT2D eigenvalue weighted by molar-refractivity contribution is 6.68. The van der Waals surface area contributed by atoms with Gasteiger partial charge < -0.3 is 10.2 Å². The molecule has 0 spiro atoms. The Bertz CT molecular complexity index is 297. The van der Waals surface area contributed by atoms with E-state index in [0.717, 1.165) is 0 Å². The topological polar surface area (TPSA) is 40.5 Å². The summed E-state index contributed by atoms with van der Waals surface area (Å²) in [6.45, 7) is 0. The van der Waals surface area contributed by atoms with Crippen LogP contribution in [0.3, 0.4) is 0 Å². The Balaban J connectivity index is 2.61. The van der Waals surface area contributed by atoms with Gasteiger partial charge in [-0.1, -0.05) is 65.1 Å². The molecule has 1 aromatic rings. The molecule has 0 unspecified atom stereocenters. The number of hydrogen-bond acceptors (Lipinski definition) is 2. The van der Waals surface area contributed by atoms with E-state index in [1.165, 1.54) is 0 Å². The molecule has 0 bridgehead atoms. The first-order valence-corrected chi connectivity index (χ1v) is 5.52. The molecule has 0 fully saturated rings. The van der Waals surface area contributed by atoms with Crippen LogP contribution < -0.4 is 0 Å². The lowest BCUT2D eigenvalue weighted by molar-refractivity contribution is 0.0826. The van der Waals surface area contributed by atoms with Crippen molar-refractivity contribution in [2.24, 2.45) is 0 Å². The second-order valence-corrected chi connectivity index (χ2v) is 5.59. The molecule has 1 aromatic carbocycles. The van der Waals surface area contributed by atoms with Crippen LogP contribution in [0.4, 0.5) is 0 Å². The summed E-state index contributed by atoms with van der Waals surface area (Å²) in [5, 5.41) is 19.2. The van der Waals surface area contributed by atoms with Gasteiger partial charge in [-0.15, -0.1) is 0 Å². The molecular weight excluding hydrogens is 258 g/mol. The lowest BCUT2D eigenvalue weighted by Gasteiger charge is -2.21. The lowest BCUT2D eigenvalue weighted by atomic mass is 10.0. The second-order valence-electron chi connectivity index (χ2n) is 3.22. The van der Waals surface area contributed by atoms with Gasteiger partial charge in [0.05, 0.1) is 6.10 Å². The first-order valence-electron chi connectivity index (χ1n) is 4.39. The minimum atomic E-state index is -1.77. The van der Waals surface area contributed by atoms with Gasteiger partial charge in [0.1, 0.15) is 6.10 Å². The molecule has 0 aliphatic rings. The van der Waals surface area contributed by atoms with Crippen molar-refractivity contribution >= 4 is 34.8 Å². The first-order chi connectivity index (χ1) is 6.91. The summed E-state index contributed by atoms with van der Waals surface area (Å²) >= 11 is 16.5. The van der Waals surface area contributed by atoms with Crippen molar-refractivity contribution in [1.29, 1.82) is 0 Å². The molecule has 84 valence electrons. The standard InChI is InChI=1S/C10H11Cl3O2/c11-10(12,13)9(15)6-8(14)7-4-2-1-3-5-7/h1-5,8-9,14-15H,6H2/t8-,9+/m0/s1. The van der Waals surface area contributed by atoms with Crippen LogP contribution in [0.15, 0.2) is 30.3 Å². The summed E-state index contributed by atoms with van der Waals surface area (Å²) < 4.78 is -1.77. The van der Waals surface area contributed by atoms with Gasteiger partial charge in [0.2, 0.25) is 3.79 Å². The summed E-state index contributed by atoms with van der Waals surface area (Å²) in [6, 6.07) is 8.91. The summed E-state index contributed by atoms with van der Waals surface area (Å²) in [5.41, 5.74) is 0.686. The van der Waals surface area contributed by atoms with Crippen molar-refractivity contribution in [3.8, 4) is 0 Å². The van der Waals surface area contributed by atoms with Gasteiger partial charge in [0, 0.05) is 6.42 Å². The van der Waals surface area contributed by atoms with Crippen LogP contribution in [0.25, 0.3) is 0 Å². The van der Waals surface area contributed by atoms with Crippen molar-refractivity contribution in [1.82, 2.24) is 0 Å². The maximum Gasteiger partial charge on any atom is 0.216 e. The van der Waals surface area contributed by atoms with E-state index in [9.17, 15) is 10.2 Å². The maximum absolute atomic E-state index is 9.72. The number of hydrogen-bond donors (Lipinski definition) is 2. The molecule has 1 rings (SSSR count). The van der Waals surface area contributed by atoms with Crippen molar-refractivity contribution < 1.29 is 10.2 Å². The van der Waals surface area contributed by atoms with Gasteiger partial charge in [0.25, 0.3) is 0 Å². The molecule has 0 amide bonds. The predicted octanol–water partition coefficient (Wildman–Crippen LogP) is 2.84. The molecule has 2 N–H and O–H groups in total. The summed E-state index contributed by atoms with van der Waals surface area (Å²) in [4.78, 5) is 0. The molecule has 2 nitrogen and oxygen atoms in total. The third-order valence-corrected chi connectivity index (χ3v) is 2.76. The number of rotatable bonds is 3. The second kappa shape index (κ2) is 5.37. The van der Waals surface area contributed by atoms with Crippen LogP contribution in [0, 0.1) is 0 Å². The van der Waals surface area contributed by atoms with E-state index in [4.69, 9.17) is 34.8 Å². The van der Waals surface area contributed by atoms with Crippen LogP contribution in [-0.2, 0) is 0 Å². The minimum absolute atomic E-state index is 0.0134. The first kappa shape index (κ1) is 13.1. The monoisotopic (exact) mass is 268 g/mol.